The van der Waals surface area contributed by atoms with Crippen molar-refractivity contribution in [1.82, 2.24) is 0 Å². The normalized spacial score (nSPS) is 33.4. The van der Waals surface area contributed by atoms with Crippen LogP contribution in [-0.2, 0) is 4.74 Å². The summed E-state index contributed by atoms with van der Waals surface area (Å²) in [6.07, 6.45) is 14.2. The van der Waals surface area contributed by atoms with E-state index in [9.17, 15) is 5.11 Å². The zero-order chi connectivity index (χ0) is 11.7. The zero-order valence-corrected chi connectivity index (χ0v) is 10.9. The summed E-state index contributed by atoms with van der Waals surface area (Å²) < 4.78 is 6.29. The van der Waals surface area contributed by atoms with Crippen molar-refractivity contribution in [3.8, 4) is 0 Å². The van der Waals surface area contributed by atoms with Gasteiger partial charge in [0, 0.05) is 0 Å². The van der Waals surface area contributed by atoms with E-state index >= 15 is 0 Å². The maximum absolute atomic E-state index is 9.83. The van der Waals surface area contributed by atoms with Crippen molar-refractivity contribution < 1.29 is 9.84 Å². The van der Waals surface area contributed by atoms with Crippen molar-refractivity contribution >= 4 is 0 Å². The van der Waals surface area contributed by atoms with Gasteiger partial charge in [-0.25, -0.2) is 0 Å². The summed E-state index contributed by atoms with van der Waals surface area (Å²) >= 11 is 0. The van der Waals surface area contributed by atoms with E-state index in [0.717, 1.165) is 12.8 Å². The predicted molar refractivity (Wildman–Crippen MR) is 67.9 cm³/mol. The predicted octanol–water partition coefficient (Wildman–Crippen LogP) is 3.42. The Balaban J connectivity index is 1.35. The maximum atomic E-state index is 9.83. The lowest BCUT2D eigenvalue weighted by Gasteiger charge is -2.24. The zero-order valence-electron chi connectivity index (χ0n) is 10.9. The minimum absolute atomic E-state index is 0.0168. The molecule has 2 aliphatic carbocycles. The molecule has 3 fully saturated rings. The summed E-state index contributed by atoms with van der Waals surface area (Å²) in [5.74, 6) is 0.640. The molecule has 1 N–H and O–H groups in total. The van der Waals surface area contributed by atoms with Crippen LogP contribution in [0.25, 0.3) is 0 Å². The van der Waals surface area contributed by atoms with Gasteiger partial charge in [0.05, 0.1) is 17.8 Å². The number of rotatable bonds is 5. The van der Waals surface area contributed by atoms with Crippen LogP contribution < -0.4 is 0 Å². The molecule has 2 unspecified atom stereocenters. The van der Waals surface area contributed by atoms with Crippen molar-refractivity contribution in [2.75, 3.05) is 0 Å². The Morgan fingerprint density at radius 1 is 1.12 bits per heavy atom. The third-order valence-electron chi connectivity index (χ3n) is 5.05. The fourth-order valence-electron chi connectivity index (χ4n) is 3.76. The molecule has 3 rings (SSSR count). The van der Waals surface area contributed by atoms with Gasteiger partial charge in [0.25, 0.3) is 0 Å². The Labute approximate surface area is 105 Å². The fourth-order valence-corrected chi connectivity index (χ4v) is 3.76. The molecule has 1 aliphatic heterocycles. The van der Waals surface area contributed by atoms with Crippen molar-refractivity contribution in [2.24, 2.45) is 5.92 Å². The molecule has 17 heavy (non-hydrogen) atoms. The minimum Gasteiger partial charge on any atom is -0.393 e. The molecule has 0 bridgehead atoms. The lowest BCUT2D eigenvalue weighted by molar-refractivity contribution is -0.0404. The number of ether oxygens (including phenoxy) is 1. The second-order valence-electron chi connectivity index (χ2n) is 6.50. The SMILES string of the molecule is OC(CCCC1CCC2(CCCC2)O1)C1CC1. The molecule has 0 radical (unpaired) electrons. The Morgan fingerprint density at radius 2 is 1.88 bits per heavy atom. The van der Waals surface area contributed by atoms with E-state index in [1.165, 1.54) is 57.8 Å². The molecule has 98 valence electrons. The first-order valence-electron chi connectivity index (χ1n) is 7.63. The van der Waals surface area contributed by atoms with Crippen molar-refractivity contribution in [1.29, 1.82) is 0 Å². The van der Waals surface area contributed by atoms with E-state index in [4.69, 9.17) is 4.74 Å². The summed E-state index contributed by atoms with van der Waals surface area (Å²) in [6.45, 7) is 0. The molecule has 3 aliphatic rings. The number of hydrogen-bond donors (Lipinski definition) is 1. The average Bonchev–Trinajstić information content (AvgIpc) is 2.98. The van der Waals surface area contributed by atoms with Gasteiger partial charge in [0.2, 0.25) is 0 Å². The second-order valence-corrected chi connectivity index (χ2v) is 6.50. The smallest absolute Gasteiger partial charge is 0.0687 e. The van der Waals surface area contributed by atoms with Crippen molar-refractivity contribution in [3.63, 3.8) is 0 Å². The first kappa shape index (κ1) is 12.0. The summed E-state index contributed by atoms with van der Waals surface area (Å²) in [4.78, 5) is 0. The van der Waals surface area contributed by atoms with Gasteiger partial charge in [0.1, 0.15) is 0 Å². The Hall–Kier alpha value is -0.0800. The first-order chi connectivity index (χ1) is 8.27. The van der Waals surface area contributed by atoms with Crippen LogP contribution in [-0.4, -0.2) is 22.9 Å². The molecule has 0 aromatic heterocycles. The second kappa shape index (κ2) is 4.89. The van der Waals surface area contributed by atoms with Gasteiger partial charge in [0.15, 0.2) is 0 Å². The van der Waals surface area contributed by atoms with Crippen molar-refractivity contribution in [2.45, 2.75) is 88.4 Å². The van der Waals surface area contributed by atoms with E-state index < -0.39 is 0 Å². The fraction of sp³-hybridized carbons (Fsp3) is 1.00. The molecule has 1 spiro atoms. The lowest BCUT2D eigenvalue weighted by atomic mass is 9.97. The van der Waals surface area contributed by atoms with Gasteiger partial charge in [-0.05, 0) is 63.7 Å². The van der Waals surface area contributed by atoms with Crippen LogP contribution in [0.4, 0.5) is 0 Å². The van der Waals surface area contributed by atoms with Gasteiger partial charge in [-0.3, -0.25) is 0 Å². The molecule has 1 heterocycles. The van der Waals surface area contributed by atoms with E-state index in [2.05, 4.69) is 0 Å². The molecule has 1 saturated heterocycles. The summed E-state index contributed by atoms with van der Waals surface area (Å²) in [7, 11) is 0. The molecule has 0 amide bonds. The van der Waals surface area contributed by atoms with Gasteiger partial charge in [-0.1, -0.05) is 12.8 Å². The van der Waals surface area contributed by atoms with Crippen LogP contribution in [0.15, 0.2) is 0 Å². The number of aliphatic hydroxyl groups excluding tert-OH is 1. The van der Waals surface area contributed by atoms with Crippen LogP contribution in [0.2, 0.25) is 0 Å². The van der Waals surface area contributed by atoms with Crippen LogP contribution in [0.3, 0.4) is 0 Å². The Bertz CT molecular complexity index is 254. The largest absolute Gasteiger partial charge is 0.393 e. The summed E-state index contributed by atoms with van der Waals surface area (Å²) in [5.41, 5.74) is 0.291. The maximum Gasteiger partial charge on any atom is 0.0687 e. The highest BCUT2D eigenvalue weighted by molar-refractivity contribution is 4.92. The first-order valence-corrected chi connectivity index (χ1v) is 7.63. The number of hydrogen-bond acceptors (Lipinski definition) is 2. The quantitative estimate of drug-likeness (QED) is 0.795. The average molecular weight is 238 g/mol. The molecule has 2 nitrogen and oxygen atoms in total. The number of aliphatic hydroxyl groups is 1. The molecule has 2 saturated carbocycles. The van der Waals surface area contributed by atoms with E-state index in [1.54, 1.807) is 0 Å². The molecule has 2 atom stereocenters. The van der Waals surface area contributed by atoms with E-state index in [-0.39, 0.29) is 6.10 Å². The molecular weight excluding hydrogens is 212 g/mol. The van der Waals surface area contributed by atoms with E-state index in [1.807, 2.05) is 0 Å². The van der Waals surface area contributed by atoms with Crippen molar-refractivity contribution in [3.05, 3.63) is 0 Å². The highest BCUT2D eigenvalue weighted by atomic mass is 16.5. The van der Waals surface area contributed by atoms with Crippen LogP contribution >= 0.6 is 0 Å². The Morgan fingerprint density at radius 3 is 2.59 bits per heavy atom. The highest BCUT2D eigenvalue weighted by Crippen LogP contribution is 2.44. The third kappa shape index (κ3) is 2.85. The van der Waals surface area contributed by atoms with Crippen LogP contribution in [0.1, 0.15) is 70.6 Å². The van der Waals surface area contributed by atoms with Crippen LogP contribution in [0.5, 0.6) is 0 Å². The summed E-state index contributed by atoms with van der Waals surface area (Å²) in [5, 5.41) is 9.83. The van der Waals surface area contributed by atoms with Gasteiger partial charge in [-0.2, -0.15) is 0 Å². The molecular formula is C15H26O2. The van der Waals surface area contributed by atoms with Crippen LogP contribution in [0, 0.1) is 5.92 Å². The van der Waals surface area contributed by atoms with Gasteiger partial charge >= 0.3 is 0 Å². The molecule has 0 aromatic rings. The molecule has 2 heteroatoms. The summed E-state index contributed by atoms with van der Waals surface area (Å²) in [6, 6.07) is 0. The standard InChI is InChI=1S/C15H26O2/c16-14(12-6-7-12)5-3-4-13-8-11-15(17-13)9-1-2-10-15/h12-14,16H,1-11H2. The highest BCUT2D eigenvalue weighted by Gasteiger charge is 2.41. The third-order valence-corrected chi connectivity index (χ3v) is 5.05. The van der Waals surface area contributed by atoms with Gasteiger partial charge in [-0.15, -0.1) is 0 Å². The monoisotopic (exact) mass is 238 g/mol. The molecule has 0 aromatic carbocycles. The van der Waals surface area contributed by atoms with E-state index in [0.29, 0.717) is 17.6 Å². The Kier molecular flexibility index (Phi) is 3.45. The lowest BCUT2D eigenvalue weighted by Crippen LogP contribution is -2.24. The topological polar surface area (TPSA) is 29.5 Å². The minimum atomic E-state index is -0.0168. The van der Waals surface area contributed by atoms with Gasteiger partial charge < -0.3 is 9.84 Å².